The van der Waals surface area contributed by atoms with Gasteiger partial charge in [0.1, 0.15) is 0 Å². The molecule has 0 aromatic carbocycles. The molecule has 68 valence electrons. The second kappa shape index (κ2) is 11.1. The third-order valence-electron chi connectivity index (χ3n) is 1.30. The molecule has 0 aliphatic heterocycles. The van der Waals surface area contributed by atoms with Gasteiger partial charge in [0.15, 0.2) is 0 Å². The van der Waals surface area contributed by atoms with Crippen molar-refractivity contribution in [1.29, 1.82) is 0 Å². The first kappa shape index (κ1) is 12.0. The fourth-order valence-electron chi connectivity index (χ4n) is 0.704. The van der Waals surface area contributed by atoms with Crippen LogP contribution < -0.4 is 0 Å². The predicted molar refractivity (Wildman–Crippen MR) is 62.3 cm³/mol. The van der Waals surface area contributed by atoms with Gasteiger partial charge >= 0.3 is 0 Å². The number of hydrogen-bond donors (Lipinski definition) is 0. The van der Waals surface area contributed by atoms with Crippen LogP contribution in [-0.2, 0) is 0 Å². The van der Waals surface area contributed by atoms with E-state index in [0.717, 1.165) is 0 Å². The van der Waals surface area contributed by atoms with Crippen LogP contribution in [-0.4, -0.2) is 11.5 Å². The van der Waals surface area contributed by atoms with Crippen molar-refractivity contribution in [3.63, 3.8) is 0 Å². The van der Waals surface area contributed by atoms with Gasteiger partial charge in [-0.15, -0.1) is 0 Å². The second-order valence-corrected chi connectivity index (χ2v) is 7.00. The quantitative estimate of drug-likeness (QED) is 0.424. The number of rotatable bonds is 8. The summed E-state index contributed by atoms with van der Waals surface area (Å²) >= 11 is 0. The lowest BCUT2D eigenvalue weighted by molar-refractivity contribution is 0.707. The Balaban J connectivity index is 2.69. The van der Waals surface area contributed by atoms with Crippen molar-refractivity contribution in [3.05, 3.63) is 0 Å². The molecule has 0 fully saturated rings. The highest BCUT2D eigenvalue weighted by molar-refractivity contribution is 9.09. The van der Waals surface area contributed by atoms with E-state index in [-0.39, 0.29) is 0 Å². The van der Waals surface area contributed by atoms with E-state index in [1.165, 1.54) is 37.2 Å². The van der Waals surface area contributed by atoms with Crippen LogP contribution in [0.3, 0.4) is 0 Å². The molecule has 11 heavy (non-hydrogen) atoms. The first-order valence-electron chi connectivity index (χ1n) is 4.32. The number of hydrogen-bond acceptors (Lipinski definition) is 3. The van der Waals surface area contributed by atoms with Crippen LogP contribution in [0.5, 0.6) is 0 Å². The van der Waals surface area contributed by atoms with E-state index in [0.29, 0.717) is 0 Å². The molecular formula is C8H18S3. The van der Waals surface area contributed by atoms with Gasteiger partial charge in [-0.05, 0) is 16.2 Å². The van der Waals surface area contributed by atoms with E-state index >= 15 is 0 Å². The fourth-order valence-corrected chi connectivity index (χ4v) is 4.40. The molecule has 0 amide bonds. The van der Waals surface area contributed by atoms with E-state index in [1.54, 1.807) is 0 Å². The van der Waals surface area contributed by atoms with E-state index < -0.39 is 0 Å². The summed E-state index contributed by atoms with van der Waals surface area (Å²) in [5.74, 6) is 2.56. The Morgan fingerprint density at radius 1 is 0.909 bits per heavy atom. The van der Waals surface area contributed by atoms with Crippen LogP contribution in [0.15, 0.2) is 0 Å². The summed E-state index contributed by atoms with van der Waals surface area (Å²) in [6, 6.07) is 0. The van der Waals surface area contributed by atoms with E-state index in [2.05, 4.69) is 13.8 Å². The molecule has 0 spiro atoms. The highest BCUT2D eigenvalue weighted by Gasteiger charge is 1.90. The van der Waals surface area contributed by atoms with Gasteiger partial charge in [-0.1, -0.05) is 54.7 Å². The molecule has 0 saturated carbocycles. The SMILES string of the molecule is CCCCCCSSSCC. The van der Waals surface area contributed by atoms with Gasteiger partial charge in [0, 0.05) is 11.5 Å². The van der Waals surface area contributed by atoms with E-state index in [9.17, 15) is 0 Å². The molecule has 0 rings (SSSR count). The summed E-state index contributed by atoms with van der Waals surface area (Å²) in [4.78, 5) is 0. The first-order valence-corrected chi connectivity index (χ1v) is 8.15. The van der Waals surface area contributed by atoms with Gasteiger partial charge in [-0.3, -0.25) is 0 Å². The highest BCUT2D eigenvalue weighted by atomic mass is 33.5. The lowest BCUT2D eigenvalue weighted by atomic mass is 10.2. The van der Waals surface area contributed by atoms with E-state index in [1.807, 2.05) is 31.4 Å². The molecule has 0 aromatic rings. The van der Waals surface area contributed by atoms with Gasteiger partial charge in [0.05, 0.1) is 0 Å². The van der Waals surface area contributed by atoms with Gasteiger partial charge in [0.2, 0.25) is 0 Å². The topological polar surface area (TPSA) is 0 Å². The molecule has 0 saturated heterocycles. The summed E-state index contributed by atoms with van der Waals surface area (Å²) in [6.45, 7) is 4.46. The molecule has 0 nitrogen and oxygen atoms in total. The Labute approximate surface area is 82.5 Å². The molecule has 0 bridgehead atoms. The predicted octanol–water partition coefficient (Wildman–Crippen LogP) is 4.62. The van der Waals surface area contributed by atoms with Crippen LogP contribution in [0.1, 0.15) is 39.5 Å². The monoisotopic (exact) mass is 210 g/mol. The van der Waals surface area contributed by atoms with Crippen molar-refractivity contribution in [2.45, 2.75) is 39.5 Å². The van der Waals surface area contributed by atoms with Crippen molar-refractivity contribution in [3.8, 4) is 0 Å². The minimum Gasteiger partial charge on any atom is -0.0829 e. The maximum Gasteiger partial charge on any atom is 0.00451 e. The Bertz CT molecular complexity index is 58.4. The standard InChI is InChI=1S/C8H18S3/c1-3-5-6-7-8-10-11-9-4-2/h3-8H2,1-2H3. The largest absolute Gasteiger partial charge is 0.0829 e. The lowest BCUT2D eigenvalue weighted by Gasteiger charge is -1.97. The van der Waals surface area contributed by atoms with Crippen molar-refractivity contribution >= 4 is 31.4 Å². The molecule has 0 unspecified atom stereocenters. The summed E-state index contributed by atoms with van der Waals surface area (Å²) in [6.07, 6.45) is 5.57. The van der Waals surface area contributed by atoms with Crippen molar-refractivity contribution in [1.82, 2.24) is 0 Å². The Morgan fingerprint density at radius 2 is 1.73 bits per heavy atom. The zero-order valence-corrected chi connectivity index (χ0v) is 9.92. The summed E-state index contributed by atoms with van der Waals surface area (Å²) in [5, 5.41) is 0. The van der Waals surface area contributed by atoms with Crippen LogP contribution in [0.4, 0.5) is 0 Å². The molecule has 0 atom stereocenters. The maximum absolute atomic E-state index is 2.26. The Hall–Kier alpha value is 1.05. The van der Waals surface area contributed by atoms with Crippen molar-refractivity contribution < 1.29 is 0 Å². The van der Waals surface area contributed by atoms with Gasteiger partial charge in [-0.2, -0.15) is 0 Å². The van der Waals surface area contributed by atoms with Crippen molar-refractivity contribution in [2.75, 3.05) is 11.5 Å². The molecule has 0 aromatic heterocycles. The van der Waals surface area contributed by atoms with Gasteiger partial charge < -0.3 is 0 Å². The average Bonchev–Trinajstić information content (AvgIpc) is 2.03. The molecular weight excluding hydrogens is 192 g/mol. The third-order valence-corrected chi connectivity index (χ3v) is 5.70. The van der Waals surface area contributed by atoms with Gasteiger partial charge in [-0.25, -0.2) is 0 Å². The zero-order chi connectivity index (χ0) is 8.36. The first-order chi connectivity index (χ1) is 5.41. The minimum atomic E-state index is 1.23. The number of unbranched alkanes of at least 4 members (excludes halogenated alkanes) is 3. The average molecular weight is 210 g/mol. The molecule has 0 N–H and O–H groups in total. The smallest absolute Gasteiger partial charge is 0.00451 e. The van der Waals surface area contributed by atoms with E-state index in [4.69, 9.17) is 0 Å². The Kier molecular flexibility index (Phi) is 12.1. The summed E-state index contributed by atoms with van der Waals surface area (Å²) < 4.78 is 0. The maximum atomic E-state index is 2.26. The fraction of sp³-hybridized carbons (Fsp3) is 1.00. The van der Waals surface area contributed by atoms with Crippen molar-refractivity contribution in [2.24, 2.45) is 0 Å². The lowest BCUT2D eigenvalue weighted by Crippen LogP contribution is -1.77. The van der Waals surface area contributed by atoms with Crippen LogP contribution in [0, 0.1) is 0 Å². The minimum absolute atomic E-state index is 1.23. The molecule has 0 heterocycles. The third kappa shape index (κ3) is 11.0. The Morgan fingerprint density at radius 3 is 2.36 bits per heavy atom. The second-order valence-electron chi connectivity index (χ2n) is 2.36. The van der Waals surface area contributed by atoms with Crippen LogP contribution >= 0.6 is 31.4 Å². The molecule has 0 aliphatic carbocycles. The van der Waals surface area contributed by atoms with Gasteiger partial charge in [0.25, 0.3) is 0 Å². The molecule has 3 heteroatoms. The van der Waals surface area contributed by atoms with Crippen LogP contribution in [0.2, 0.25) is 0 Å². The highest BCUT2D eigenvalue weighted by Crippen LogP contribution is 2.34. The van der Waals surface area contributed by atoms with Crippen LogP contribution in [0.25, 0.3) is 0 Å². The molecule has 0 aliphatic rings. The molecule has 0 radical (unpaired) electrons. The normalized spacial score (nSPS) is 10.4. The zero-order valence-electron chi connectivity index (χ0n) is 7.47. The summed E-state index contributed by atoms with van der Waals surface area (Å²) in [5.41, 5.74) is 0. The summed E-state index contributed by atoms with van der Waals surface area (Å²) in [7, 11) is 5.90.